The highest BCUT2D eigenvalue weighted by molar-refractivity contribution is 7.93. The maximum absolute atomic E-state index is 15.1. The number of halogens is 2. The number of carbonyl (C=O) groups is 2. The van der Waals surface area contributed by atoms with Crippen molar-refractivity contribution in [1.29, 1.82) is 10.8 Å². The van der Waals surface area contributed by atoms with Crippen molar-refractivity contribution >= 4 is 57.7 Å². The predicted octanol–water partition coefficient (Wildman–Crippen LogP) is 2.56. The van der Waals surface area contributed by atoms with Gasteiger partial charge in [-0.2, -0.15) is 0 Å². The van der Waals surface area contributed by atoms with Gasteiger partial charge in [-0.1, -0.05) is 18.2 Å². The van der Waals surface area contributed by atoms with Crippen LogP contribution in [0.15, 0.2) is 48.3 Å². The van der Waals surface area contributed by atoms with Gasteiger partial charge in [-0.3, -0.25) is 24.7 Å². The van der Waals surface area contributed by atoms with E-state index in [9.17, 15) is 18.0 Å². The number of rotatable bonds is 11. The first-order valence-corrected chi connectivity index (χ1v) is 13.8. The first-order chi connectivity index (χ1) is 18.8. The van der Waals surface area contributed by atoms with Crippen molar-refractivity contribution < 1.29 is 32.2 Å². The second-order valence-corrected chi connectivity index (χ2v) is 11.1. The lowest BCUT2D eigenvalue weighted by Crippen LogP contribution is -2.40. The van der Waals surface area contributed by atoms with Gasteiger partial charge in [0.1, 0.15) is 23.5 Å². The second-order valence-electron chi connectivity index (χ2n) is 9.22. The van der Waals surface area contributed by atoms with Crippen LogP contribution in [0, 0.1) is 10.8 Å². The molecule has 0 radical (unpaired) electrons. The summed E-state index contributed by atoms with van der Waals surface area (Å²) in [4.78, 5) is 25.5. The van der Waals surface area contributed by atoms with Crippen LogP contribution >= 0.6 is 12.4 Å². The number of piperidine rings is 1. The summed E-state index contributed by atoms with van der Waals surface area (Å²) >= 11 is 0. The van der Waals surface area contributed by atoms with Crippen molar-refractivity contribution in [3.8, 4) is 5.75 Å². The van der Waals surface area contributed by atoms with Crippen molar-refractivity contribution in [1.82, 2.24) is 4.90 Å². The van der Waals surface area contributed by atoms with Gasteiger partial charge in [-0.05, 0) is 42.8 Å². The Morgan fingerprint density at radius 3 is 2.39 bits per heavy atom. The van der Waals surface area contributed by atoms with Crippen molar-refractivity contribution in [2.75, 3.05) is 29.7 Å². The predicted molar refractivity (Wildman–Crippen MR) is 156 cm³/mol. The Balaban J connectivity index is 0.00000588. The van der Waals surface area contributed by atoms with Gasteiger partial charge < -0.3 is 26.2 Å². The Morgan fingerprint density at radius 1 is 1.17 bits per heavy atom. The first-order valence-electron chi connectivity index (χ1n) is 12.2. The molecule has 0 spiro atoms. The smallest absolute Gasteiger partial charge is 0.320 e. The Morgan fingerprint density at radius 2 is 1.83 bits per heavy atom. The molecule has 1 heterocycles. The van der Waals surface area contributed by atoms with Crippen LogP contribution in [0.3, 0.4) is 0 Å². The fourth-order valence-electron chi connectivity index (χ4n) is 4.20. The number of nitrogens with one attached hydrogen (secondary N) is 2. The molecule has 15 heteroatoms. The number of benzene rings is 2. The van der Waals surface area contributed by atoms with Gasteiger partial charge in [0.2, 0.25) is 10.0 Å². The number of aliphatic carboxylic acids is 1. The van der Waals surface area contributed by atoms with Crippen LogP contribution in [0.5, 0.6) is 5.75 Å². The van der Waals surface area contributed by atoms with Gasteiger partial charge >= 0.3 is 5.97 Å². The van der Waals surface area contributed by atoms with Crippen LogP contribution in [0.4, 0.5) is 10.1 Å². The van der Waals surface area contributed by atoms with E-state index in [-0.39, 0.29) is 41.3 Å². The normalized spacial score (nSPS) is 14.1. The van der Waals surface area contributed by atoms with E-state index in [0.717, 1.165) is 12.1 Å². The minimum absolute atomic E-state index is 0. The van der Waals surface area contributed by atoms with E-state index in [1.807, 2.05) is 4.90 Å². The van der Waals surface area contributed by atoms with Gasteiger partial charge in [0.05, 0.1) is 23.6 Å². The molecule has 1 amide bonds. The molecule has 1 aliphatic rings. The van der Waals surface area contributed by atoms with Crippen molar-refractivity contribution in [2.45, 2.75) is 25.9 Å². The third-order valence-electron chi connectivity index (χ3n) is 6.18. The number of hydrogen-bond acceptors (Lipinski definition) is 7. The number of carboxylic acid groups (broad SMARTS) is 1. The minimum Gasteiger partial charge on any atom is -0.489 e. The molecule has 7 N–H and O–H groups in total. The monoisotopic (exact) mass is 610 g/mol. The Kier molecular flexibility index (Phi) is 11.2. The van der Waals surface area contributed by atoms with Crippen LogP contribution in [0.25, 0.3) is 6.08 Å². The molecule has 1 aliphatic heterocycles. The molecular weight excluding hydrogens is 579 g/mol. The van der Waals surface area contributed by atoms with Gasteiger partial charge in [0, 0.05) is 31.5 Å². The first kappa shape index (κ1) is 33.0. The highest BCUT2D eigenvalue weighted by Gasteiger charge is 2.29. The summed E-state index contributed by atoms with van der Waals surface area (Å²) in [5.74, 6) is -4.52. The number of amides is 1. The van der Waals surface area contributed by atoms with E-state index >= 15 is 4.39 Å². The van der Waals surface area contributed by atoms with Crippen LogP contribution in [-0.4, -0.2) is 73.5 Å². The van der Waals surface area contributed by atoms with Crippen LogP contribution in [0.2, 0.25) is 0 Å². The molecule has 0 saturated carbocycles. The quantitative estimate of drug-likeness (QED) is 0.188. The SMILES string of the molecule is CC(=N)N1CCC(Oc2ccc(N(C/C(F)=C/c3cccc(C(=N)N)c3)S(=O)(=O)CC(=O)O)cc2C(N)=O)CC1.Cl. The van der Waals surface area contributed by atoms with Gasteiger partial charge in [-0.25, -0.2) is 12.8 Å². The molecule has 1 fully saturated rings. The number of likely N-dealkylation sites (tertiary alicyclic amines) is 1. The molecule has 222 valence electrons. The number of sulfonamides is 1. The van der Waals surface area contributed by atoms with E-state index in [1.165, 1.54) is 24.3 Å². The maximum Gasteiger partial charge on any atom is 0.320 e. The molecule has 2 aromatic rings. The number of ether oxygens (including phenoxy) is 1. The van der Waals surface area contributed by atoms with Crippen molar-refractivity contribution in [3.63, 3.8) is 0 Å². The molecule has 0 bridgehead atoms. The van der Waals surface area contributed by atoms with E-state index < -0.39 is 40.0 Å². The largest absolute Gasteiger partial charge is 0.489 e. The van der Waals surface area contributed by atoms with Crippen molar-refractivity contribution in [3.05, 3.63) is 65.0 Å². The lowest BCUT2D eigenvalue weighted by atomic mass is 10.1. The molecule has 3 rings (SSSR count). The zero-order chi connectivity index (χ0) is 29.6. The minimum atomic E-state index is -4.60. The van der Waals surface area contributed by atoms with Crippen LogP contribution in [-0.2, 0) is 14.8 Å². The zero-order valence-corrected chi connectivity index (χ0v) is 23.8. The Labute approximate surface area is 243 Å². The van der Waals surface area contributed by atoms with Crippen molar-refractivity contribution in [2.24, 2.45) is 11.5 Å². The third-order valence-corrected chi connectivity index (χ3v) is 7.81. The molecule has 0 atom stereocenters. The van der Waals surface area contributed by atoms with Crippen LogP contribution in [0.1, 0.15) is 41.3 Å². The number of nitrogens with two attached hydrogens (primary N) is 2. The number of amidine groups is 2. The van der Waals surface area contributed by atoms with E-state index in [4.69, 9.17) is 32.1 Å². The molecule has 0 aliphatic carbocycles. The lowest BCUT2D eigenvalue weighted by Gasteiger charge is -2.33. The van der Waals surface area contributed by atoms with E-state index in [0.29, 0.717) is 47.2 Å². The molecule has 41 heavy (non-hydrogen) atoms. The molecular formula is C26H32ClFN6O6S. The number of anilines is 1. The summed E-state index contributed by atoms with van der Waals surface area (Å²) in [7, 11) is -4.60. The van der Waals surface area contributed by atoms with E-state index in [2.05, 4.69) is 0 Å². The van der Waals surface area contributed by atoms with Gasteiger partial charge in [0.25, 0.3) is 5.91 Å². The topological polar surface area (TPSA) is 204 Å². The number of carbonyl (C=O) groups excluding carboxylic acids is 1. The molecule has 2 aromatic carbocycles. The fourth-order valence-corrected chi connectivity index (χ4v) is 5.42. The number of hydrogen-bond donors (Lipinski definition) is 5. The standard InChI is InChI=1S/C26H31FN6O6S.ClH/c1-16(28)32-9-7-21(8-10-32)39-23-6-5-20(13-22(23)26(31)36)33(40(37,38)15-24(34)35)14-19(27)12-17-3-2-4-18(11-17)25(29)30;/h2-6,11-13,21,28H,7-10,14-15H2,1H3,(H3,29,30)(H2,31,36)(H,34,35);1H/b19-12-,28-16?;. The Hall–Kier alpha value is -4.17. The summed E-state index contributed by atoms with van der Waals surface area (Å²) in [6, 6.07) is 9.79. The summed E-state index contributed by atoms with van der Waals surface area (Å²) in [6.07, 6.45) is 1.91. The highest BCUT2D eigenvalue weighted by Crippen LogP contribution is 2.30. The van der Waals surface area contributed by atoms with Gasteiger partial charge in [-0.15, -0.1) is 12.4 Å². The number of primary amides is 1. The summed E-state index contributed by atoms with van der Waals surface area (Å²) in [5.41, 5.74) is 11.3. The Bertz CT molecular complexity index is 1460. The second kappa shape index (κ2) is 13.9. The highest BCUT2D eigenvalue weighted by atomic mass is 35.5. The summed E-state index contributed by atoms with van der Waals surface area (Å²) in [6.45, 7) is 1.99. The molecule has 1 saturated heterocycles. The van der Waals surface area contributed by atoms with Gasteiger partial charge in [0.15, 0.2) is 5.75 Å². The zero-order valence-electron chi connectivity index (χ0n) is 22.2. The average molecular weight is 611 g/mol. The number of nitrogens with zero attached hydrogens (tertiary/aromatic N) is 2. The fraction of sp³-hybridized carbons (Fsp3) is 0.308. The lowest BCUT2D eigenvalue weighted by molar-refractivity contribution is -0.134. The molecule has 12 nitrogen and oxygen atoms in total. The molecule has 0 aromatic heterocycles. The summed E-state index contributed by atoms with van der Waals surface area (Å²) < 4.78 is 47.6. The number of nitrogen functional groups attached to an aromatic ring is 1. The van der Waals surface area contributed by atoms with Crippen LogP contribution < -0.4 is 20.5 Å². The summed E-state index contributed by atoms with van der Waals surface area (Å²) in [5, 5.41) is 24.4. The third kappa shape index (κ3) is 8.91. The van der Waals surface area contributed by atoms with E-state index in [1.54, 1.807) is 19.1 Å². The number of carboxylic acids is 1. The maximum atomic E-state index is 15.1. The average Bonchev–Trinajstić information content (AvgIpc) is 2.87. The molecule has 0 unspecified atom stereocenters.